The Morgan fingerprint density at radius 2 is 1.17 bits per heavy atom. The third-order valence-corrected chi connectivity index (χ3v) is 5.77. The van der Waals surface area contributed by atoms with Crippen LogP contribution in [0.1, 0.15) is 46.0 Å². The molecule has 18 heteroatoms. The fourth-order valence-electron chi connectivity index (χ4n) is 2.97. The van der Waals surface area contributed by atoms with Gasteiger partial charge in [0.1, 0.15) is 12.0 Å². The van der Waals surface area contributed by atoms with Gasteiger partial charge in [0.15, 0.2) is 5.78 Å². The van der Waals surface area contributed by atoms with Crippen LogP contribution in [0.4, 0.5) is 30.7 Å². The summed E-state index contributed by atoms with van der Waals surface area (Å²) in [5.74, 6) is -18.8. The topological polar surface area (TPSA) is 172 Å². The Morgan fingerprint density at radius 1 is 0.756 bits per heavy atom. The molecular weight excluding hydrogens is 760 g/mol. The zero-order chi connectivity index (χ0) is 30.5. The van der Waals surface area contributed by atoms with Crippen LogP contribution in [0.25, 0.3) is 0 Å². The van der Waals surface area contributed by atoms with Gasteiger partial charge in [-0.25, -0.2) is 0 Å². The molecule has 0 aromatic rings. The minimum absolute atomic E-state index is 0. The van der Waals surface area contributed by atoms with Crippen molar-refractivity contribution in [1.82, 2.24) is 0 Å². The van der Waals surface area contributed by atoms with Gasteiger partial charge >= 0.3 is 24.0 Å². The normalized spacial score (nSPS) is 17.8. The van der Waals surface area contributed by atoms with Gasteiger partial charge in [0.25, 0.3) is 0 Å². The number of halogens is 7. The van der Waals surface area contributed by atoms with Gasteiger partial charge in [0, 0.05) is 40.3 Å². The van der Waals surface area contributed by atoms with Crippen molar-refractivity contribution in [2.75, 3.05) is 46.8 Å². The number of ketones is 2. The van der Waals surface area contributed by atoms with E-state index < -0.39 is 47.4 Å². The van der Waals surface area contributed by atoms with Gasteiger partial charge < -0.3 is 35.9 Å². The van der Waals surface area contributed by atoms with Gasteiger partial charge in [-0.05, 0) is 26.7 Å². The molecule has 0 spiro atoms. The van der Waals surface area contributed by atoms with Crippen molar-refractivity contribution in [2.45, 2.75) is 76.1 Å². The molecule has 1 aliphatic rings. The minimum atomic E-state index is -6.72. The fourth-order valence-corrected chi connectivity index (χ4v) is 2.97. The predicted octanol–water partition coefficient (Wildman–Crippen LogP) is 1.98. The maximum atomic E-state index is 13.3. The van der Waals surface area contributed by atoms with E-state index in [1.165, 1.54) is 20.0 Å². The Morgan fingerprint density at radius 3 is 1.56 bits per heavy atom. The summed E-state index contributed by atoms with van der Waals surface area (Å²) in [6, 6.07) is 0.562. The van der Waals surface area contributed by atoms with E-state index >= 15 is 0 Å². The van der Waals surface area contributed by atoms with Gasteiger partial charge in [-0.3, -0.25) is 14.4 Å². The number of hydrogen-bond acceptors (Lipinski definition) is 9. The zero-order valence-electron chi connectivity index (χ0n) is 22.9. The van der Waals surface area contributed by atoms with E-state index in [-0.39, 0.29) is 65.1 Å². The SMILES string of the molecule is COCCOCCOCCOC(=O)C(C)(C)C(=O)CC(=O)C(F)(F)C(F)(F)C(F)(F)F.N[C@@H]1CCCC[C@H]1N.O.[Pt]. The summed E-state index contributed by atoms with van der Waals surface area (Å²) in [6.07, 6.45) is -3.96. The number of carbonyl (C=O) groups is 3. The summed E-state index contributed by atoms with van der Waals surface area (Å²) in [5, 5.41) is 0. The monoisotopic (exact) mass is 799 g/mol. The van der Waals surface area contributed by atoms with Crippen molar-refractivity contribution >= 4 is 17.5 Å². The summed E-state index contributed by atoms with van der Waals surface area (Å²) in [4.78, 5) is 35.2. The van der Waals surface area contributed by atoms with E-state index in [1.54, 1.807) is 0 Å². The van der Waals surface area contributed by atoms with Crippen LogP contribution >= 0.6 is 0 Å². The summed E-state index contributed by atoms with van der Waals surface area (Å²) in [5.41, 5.74) is 9.05. The van der Waals surface area contributed by atoms with E-state index in [0.717, 1.165) is 26.7 Å². The Balaban J connectivity index is -0.00000123. The van der Waals surface area contributed by atoms with Gasteiger partial charge in [0.05, 0.1) is 39.5 Å². The average molecular weight is 800 g/mol. The Bertz CT molecular complexity index is 780. The molecule has 0 saturated heterocycles. The zero-order valence-corrected chi connectivity index (χ0v) is 25.2. The summed E-state index contributed by atoms with van der Waals surface area (Å²) in [7, 11) is 1.49. The van der Waals surface area contributed by atoms with Crippen molar-refractivity contribution in [3.63, 3.8) is 0 Å². The molecule has 10 nitrogen and oxygen atoms in total. The second-order valence-electron chi connectivity index (χ2n) is 9.26. The van der Waals surface area contributed by atoms with Crippen LogP contribution in [0.2, 0.25) is 0 Å². The Kier molecular flexibility index (Phi) is 21.4. The molecule has 0 heterocycles. The van der Waals surface area contributed by atoms with Gasteiger partial charge in [-0.2, -0.15) is 30.7 Å². The molecule has 0 aromatic heterocycles. The van der Waals surface area contributed by atoms with Crippen LogP contribution in [0, 0.1) is 5.41 Å². The van der Waals surface area contributed by atoms with Crippen molar-refractivity contribution in [2.24, 2.45) is 16.9 Å². The number of methoxy groups -OCH3 is 1. The number of rotatable bonds is 15. The molecule has 1 aliphatic carbocycles. The summed E-state index contributed by atoms with van der Waals surface area (Å²) in [6.45, 7) is 2.20. The number of ether oxygens (including phenoxy) is 4. The largest absolute Gasteiger partial charge is 0.463 e. The standard InChI is InChI=1S/C17H23F7O7.C6H14N2.H2O.Pt/c1-14(2,13(27)31-9-8-30-7-6-29-5-4-28-3)11(25)10-12(26)15(18,19)16(20,21)17(22,23)24;7-5-3-1-2-4-6(5)8;;/h4-10H2,1-3H3;5-6H,1-4,7-8H2;1H2;/t;5-,6-;;/m.1../s1. The molecular formula is C23H39F7N2O8Pt. The van der Waals surface area contributed by atoms with Crippen LogP contribution in [0.5, 0.6) is 0 Å². The first-order chi connectivity index (χ1) is 17.8. The molecule has 0 unspecified atom stereocenters. The third kappa shape index (κ3) is 14.2. The number of esters is 1. The van der Waals surface area contributed by atoms with E-state index in [9.17, 15) is 45.1 Å². The number of nitrogens with two attached hydrogens (primary N) is 2. The van der Waals surface area contributed by atoms with Crippen molar-refractivity contribution < 1.29 is 90.6 Å². The number of alkyl halides is 7. The molecule has 1 fully saturated rings. The Hall–Kier alpha value is -1.23. The van der Waals surface area contributed by atoms with Gasteiger partial charge in [-0.1, -0.05) is 12.8 Å². The van der Waals surface area contributed by atoms with Crippen LogP contribution in [-0.2, 0) is 54.4 Å². The minimum Gasteiger partial charge on any atom is -0.463 e. The van der Waals surface area contributed by atoms with Gasteiger partial charge in [-0.15, -0.1) is 0 Å². The second kappa shape index (κ2) is 19.9. The first kappa shape index (κ1) is 44.2. The van der Waals surface area contributed by atoms with E-state index in [2.05, 4.69) is 4.74 Å². The van der Waals surface area contributed by atoms with Crippen LogP contribution in [0.3, 0.4) is 0 Å². The number of Topliss-reactive ketones (excluding diaryl/α,β-unsaturated/α-hetero) is 2. The molecule has 0 radical (unpaired) electrons. The molecule has 0 amide bonds. The number of hydrogen-bond donors (Lipinski definition) is 2. The van der Waals surface area contributed by atoms with Crippen molar-refractivity contribution in [3.8, 4) is 0 Å². The molecule has 41 heavy (non-hydrogen) atoms. The fraction of sp³-hybridized carbons (Fsp3) is 0.870. The van der Waals surface area contributed by atoms with Crippen LogP contribution in [0.15, 0.2) is 0 Å². The van der Waals surface area contributed by atoms with Crippen LogP contribution in [-0.4, -0.2) is 99.9 Å². The summed E-state index contributed by atoms with van der Waals surface area (Å²) >= 11 is 0. The Labute approximate surface area is 247 Å². The molecule has 0 aromatic carbocycles. The summed E-state index contributed by atoms with van der Waals surface area (Å²) < 4.78 is 108. The maximum absolute atomic E-state index is 13.3. The van der Waals surface area contributed by atoms with E-state index in [4.69, 9.17) is 25.7 Å². The maximum Gasteiger partial charge on any atom is 0.460 e. The smallest absolute Gasteiger partial charge is 0.460 e. The average Bonchev–Trinajstić information content (AvgIpc) is 2.84. The predicted molar refractivity (Wildman–Crippen MR) is 127 cm³/mol. The van der Waals surface area contributed by atoms with E-state index in [0.29, 0.717) is 13.2 Å². The quantitative estimate of drug-likeness (QED) is 0.109. The van der Waals surface area contributed by atoms with Gasteiger partial charge in [0.2, 0.25) is 5.78 Å². The number of carbonyl (C=O) groups excluding carboxylic acids is 3. The van der Waals surface area contributed by atoms with Crippen molar-refractivity contribution in [1.29, 1.82) is 0 Å². The molecule has 6 N–H and O–H groups in total. The van der Waals surface area contributed by atoms with E-state index in [1.807, 2.05) is 0 Å². The molecule has 1 rings (SSSR count). The molecule has 0 aliphatic heterocycles. The van der Waals surface area contributed by atoms with Crippen LogP contribution < -0.4 is 11.5 Å². The second-order valence-corrected chi connectivity index (χ2v) is 9.26. The molecule has 2 atom stereocenters. The molecule has 0 bridgehead atoms. The van der Waals surface area contributed by atoms with Crippen molar-refractivity contribution in [3.05, 3.63) is 0 Å². The molecule has 1 saturated carbocycles. The first-order valence-electron chi connectivity index (χ1n) is 12.1. The first-order valence-corrected chi connectivity index (χ1v) is 12.1. The third-order valence-electron chi connectivity index (χ3n) is 5.77. The molecule has 248 valence electrons.